The summed E-state index contributed by atoms with van der Waals surface area (Å²) in [7, 11) is 0. The molecule has 3 rings (SSSR count). The number of halogens is 5. The topological polar surface area (TPSA) is 51.2 Å². The first-order chi connectivity index (χ1) is 12.1. The molecular weight excluding hydrogens is 359 g/mol. The summed E-state index contributed by atoms with van der Waals surface area (Å²) in [5, 5.41) is 2.88. The minimum atomic E-state index is -4.46. The molecule has 1 amide bonds. The van der Waals surface area contributed by atoms with Crippen LogP contribution in [0.15, 0.2) is 18.3 Å². The SMILES string of the molecule is O=C(CCC1CC(F)(F)C1)NC1(c2ccnc(OCC(F)(F)F)c2)CC1. The van der Waals surface area contributed by atoms with Crippen LogP contribution in [0.5, 0.6) is 5.88 Å². The summed E-state index contributed by atoms with van der Waals surface area (Å²) in [6.45, 7) is -1.44. The van der Waals surface area contributed by atoms with Gasteiger partial charge in [0.1, 0.15) is 0 Å². The number of hydrogen-bond acceptors (Lipinski definition) is 3. The van der Waals surface area contributed by atoms with Crippen molar-refractivity contribution in [2.75, 3.05) is 6.61 Å². The molecule has 4 nitrogen and oxygen atoms in total. The number of alkyl halides is 5. The smallest absolute Gasteiger partial charge is 0.422 e. The summed E-state index contributed by atoms with van der Waals surface area (Å²) in [5.74, 6) is -3.12. The molecule has 2 saturated carbocycles. The van der Waals surface area contributed by atoms with E-state index in [4.69, 9.17) is 0 Å². The molecule has 0 atom stereocenters. The van der Waals surface area contributed by atoms with Crippen molar-refractivity contribution in [3.05, 3.63) is 23.9 Å². The number of aromatic nitrogens is 1. The average molecular weight is 378 g/mol. The zero-order valence-electron chi connectivity index (χ0n) is 13.9. The fraction of sp³-hybridized carbons (Fsp3) is 0.647. The van der Waals surface area contributed by atoms with E-state index >= 15 is 0 Å². The van der Waals surface area contributed by atoms with Gasteiger partial charge in [0, 0.05) is 31.5 Å². The Balaban J connectivity index is 1.52. The Kier molecular flexibility index (Phi) is 4.83. The number of carbonyl (C=O) groups is 1. The van der Waals surface area contributed by atoms with Gasteiger partial charge in [-0.3, -0.25) is 4.79 Å². The second-order valence-corrected chi connectivity index (χ2v) is 7.09. The molecule has 0 bridgehead atoms. The first-order valence-electron chi connectivity index (χ1n) is 8.42. The molecule has 144 valence electrons. The molecule has 1 N–H and O–H groups in total. The molecule has 26 heavy (non-hydrogen) atoms. The van der Waals surface area contributed by atoms with Crippen molar-refractivity contribution in [3.8, 4) is 5.88 Å². The number of ether oxygens (including phenoxy) is 1. The summed E-state index contributed by atoms with van der Waals surface area (Å²) in [5.41, 5.74) is 0.00751. The zero-order valence-corrected chi connectivity index (χ0v) is 13.9. The Morgan fingerprint density at radius 3 is 2.58 bits per heavy atom. The number of nitrogens with zero attached hydrogens (tertiary/aromatic N) is 1. The summed E-state index contributed by atoms with van der Waals surface area (Å²) >= 11 is 0. The van der Waals surface area contributed by atoms with Crippen LogP contribution < -0.4 is 10.1 Å². The van der Waals surface area contributed by atoms with E-state index in [0.717, 1.165) is 0 Å². The fourth-order valence-corrected chi connectivity index (χ4v) is 3.21. The zero-order chi connectivity index (χ0) is 19.0. The van der Waals surface area contributed by atoms with Crippen LogP contribution in [0.4, 0.5) is 22.0 Å². The molecule has 0 spiro atoms. The molecule has 0 aliphatic heterocycles. The highest BCUT2D eigenvalue weighted by molar-refractivity contribution is 5.77. The lowest BCUT2D eigenvalue weighted by molar-refractivity contribution is -0.154. The number of hydrogen-bond donors (Lipinski definition) is 1. The molecule has 0 saturated heterocycles. The molecule has 2 fully saturated rings. The normalized spacial score (nSPS) is 21.0. The van der Waals surface area contributed by atoms with Crippen molar-refractivity contribution >= 4 is 5.91 Å². The van der Waals surface area contributed by atoms with E-state index in [2.05, 4.69) is 15.0 Å². The first kappa shape index (κ1) is 18.8. The highest BCUT2D eigenvalue weighted by atomic mass is 19.4. The third-order valence-corrected chi connectivity index (χ3v) is 4.75. The number of rotatable bonds is 7. The molecule has 2 aliphatic rings. The van der Waals surface area contributed by atoms with Gasteiger partial charge in [0.2, 0.25) is 17.7 Å². The van der Waals surface area contributed by atoms with Crippen LogP contribution in [0.2, 0.25) is 0 Å². The standard InChI is InChI=1S/C17H19F5N2O2/c18-16(19)8-11(9-16)1-2-13(25)24-15(4-5-15)12-3-6-23-14(7-12)26-10-17(20,21)22/h3,6-7,11H,1-2,4-5,8-10H2,(H,24,25). The van der Waals surface area contributed by atoms with E-state index in [-0.39, 0.29) is 37.0 Å². The Morgan fingerprint density at radius 1 is 1.31 bits per heavy atom. The largest absolute Gasteiger partial charge is 0.468 e. The summed E-state index contributed by atoms with van der Waals surface area (Å²) < 4.78 is 66.9. The first-order valence-corrected chi connectivity index (χ1v) is 8.42. The lowest BCUT2D eigenvalue weighted by Crippen LogP contribution is -2.38. The van der Waals surface area contributed by atoms with Crippen molar-refractivity contribution in [1.29, 1.82) is 0 Å². The van der Waals surface area contributed by atoms with Gasteiger partial charge in [-0.1, -0.05) is 0 Å². The van der Waals surface area contributed by atoms with Gasteiger partial charge in [-0.25, -0.2) is 13.8 Å². The van der Waals surface area contributed by atoms with Gasteiger partial charge < -0.3 is 10.1 Å². The van der Waals surface area contributed by atoms with Crippen LogP contribution in [0, 0.1) is 5.92 Å². The van der Waals surface area contributed by atoms with Crippen LogP contribution in [-0.2, 0) is 10.3 Å². The van der Waals surface area contributed by atoms with Crippen molar-refractivity contribution < 1.29 is 31.5 Å². The monoisotopic (exact) mass is 378 g/mol. The van der Waals surface area contributed by atoms with Crippen molar-refractivity contribution in [2.45, 2.75) is 56.2 Å². The summed E-state index contributed by atoms with van der Waals surface area (Å²) in [4.78, 5) is 15.9. The third-order valence-electron chi connectivity index (χ3n) is 4.75. The predicted octanol–water partition coefficient (Wildman–Crippen LogP) is 3.95. The molecule has 0 aromatic carbocycles. The molecular formula is C17H19F5N2O2. The van der Waals surface area contributed by atoms with Gasteiger partial charge in [0.05, 0.1) is 5.54 Å². The number of pyridine rings is 1. The highest BCUT2D eigenvalue weighted by Gasteiger charge is 2.47. The maximum atomic E-state index is 12.8. The van der Waals surface area contributed by atoms with E-state index < -0.39 is 24.2 Å². The van der Waals surface area contributed by atoms with Crippen LogP contribution >= 0.6 is 0 Å². The Bertz CT molecular complexity index is 665. The second kappa shape index (κ2) is 6.66. The third kappa shape index (κ3) is 4.82. The Hall–Kier alpha value is -1.93. The average Bonchev–Trinajstić information content (AvgIpc) is 3.29. The van der Waals surface area contributed by atoms with E-state index in [0.29, 0.717) is 24.8 Å². The van der Waals surface area contributed by atoms with E-state index in [1.165, 1.54) is 12.3 Å². The molecule has 1 aromatic heterocycles. The number of amides is 1. The minimum Gasteiger partial charge on any atom is -0.468 e. The van der Waals surface area contributed by atoms with Gasteiger partial charge in [-0.2, -0.15) is 13.2 Å². The van der Waals surface area contributed by atoms with Gasteiger partial charge >= 0.3 is 6.18 Å². The second-order valence-electron chi connectivity index (χ2n) is 7.09. The maximum absolute atomic E-state index is 12.8. The quantitative estimate of drug-likeness (QED) is 0.731. The van der Waals surface area contributed by atoms with Gasteiger partial charge in [-0.05, 0) is 36.8 Å². The van der Waals surface area contributed by atoms with Crippen molar-refractivity contribution in [3.63, 3.8) is 0 Å². The lowest BCUT2D eigenvalue weighted by Gasteiger charge is -2.34. The predicted molar refractivity (Wildman–Crippen MR) is 81.7 cm³/mol. The maximum Gasteiger partial charge on any atom is 0.422 e. The van der Waals surface area contributed by atoms with Crippen LogP contribution in [0.3, 0.4) is 0 Å². The molecule has 0 unspecified atom stereocenters. The summed E-state index contributed by atoms with van der Waals surface area (Å²) in [6, 6.07) is 3.02. The van der Waals surface area contributed by atoms with Crippen LogP contribution in [-0.4, -0.2) is 29.6 Å². The van der Waals surface area contributed by atoms with E-state index in [1.807, 2.05) is 0 Å². The summed E-state index contributed by atoms with van der Waals surface area (Å²) in [6.07, 6.45) is -1.58. The van der Waals surface area contributed by atoms with Gasteiger partial charge in [0.15, 0.2) is 6.61 Å². The van der Waals surface area contributed by atoms with E-state index in [9.17, 15) is 26.7 Å². The van der Waals surface area contributed by atoms with Crippen LogP contribution in [0.25, 0.3) is 0 Å². The van der Waals surface area contributed by atoms with E-state index in [1.54, 1.807) is 6.07 Å². The minimum absolute atomic E-state index is 0.130. The number of carbonyl (C=O) groups excluding carboxylic acids is 1. The molecule has 1 aromatic rings. The van der Waals surface area contributed by atoms with Crippen molar-refractivity contribution in [1.82, 2.24) is 10.3 Å². The Morgan fingerprint density at radius 2 is 2.00 bits per heavy atom. The van der Waals surface area contributed by atoms with Gasteiger partial charge in [-0.15, -0.1) is 0 Å². The molecule has 1 heterocycles. The molecule has 9 heteroatoms. The van der Waals surface area contributed by atoms with Crippen LogP contribution in [0.1, 0.15) is 44.1 Å². The molecule has 0 radical (unpaired) electrons. The molecule has 2 aliphatic carbocycles. The van der Waals surface area contributed by atoms with Crippen molar-refractivity contribution in [2.24, 2.45) is 5.92 Å². The fourth-order valence-electron chi connectivity index (χ4n) is 3.21. The highest BCUT2D eigenvalue weighted by Crippen LogP contribution is 2.47. The number of nitrogens with one attached hydrogen (secondary N) is 1. The van der Waals surface area contributed by atoms with Gasteiger partial charge in [0.25, 0.3) is 0 Å². The lowest BCUT2D eigenvalue weighted by atomic mass is 9.78. The Labute approximate surface area is 147 Å².